The zero-order chi connectivity index (χ0) is 16.9. The van der Waals surface area contributed by atoms with Crippen LogP contribution in [0.15, 0.2) is 36.4 Å². The van der Waals surface area contributed by atoms with E-state index in [1.165, 1.54) is 0 Å². The predicted molar refractivity (Wildman–Crippen MR) is 92.0 cm³/mol. The van der Waals surface area contributed by atoms with Gasteiger partial charge in [-0.05, 0) is 54.4 Å². The summed E-state index contributed by atoms with van der Waals surface area (Å²) in [6, 6.07) is 10.4. The summed E-state index contributed by atoms with van der Waals surface area (Å²) in [7, 11) is 0. The molecule has 0 saturated heterocycles. The van der Waals surface area contributed by atoms with Gasteiger partial charge in [0.25, 0.3) is 0 Å². The van der Waals surface area contributed by atoms with Crippen LogP contribution >= 0.6 is 11.6 Å². The second kappa shape index (κ2) is 7.64. The van der Waals surface area contributed by atoms with Crippen molar-refractivity contribution in [2.24, 2.45) is 0 Å². The lowest BCUT2D eigenvalue weighted by Gasteiger charge is -2.19. The zero-order valence-corrected chi connectivity index (χ0v) is 13.8. The Bertz CT molecular complexity index is 735. The number of rotatable bonds is 5. The fourth-order valence-corrected chi connectivity index (χ4v) is 2.76. The van der Waals surface area contributed by atoms with Crippen LogP contribution in [0.4, 0.5) is 10.1 Å². The molecule has 0 fully saturated rings. The molecule has 0 aliphatic carbocycles. The Morgan fingerprint density at radius 2 is 2.04 bits per heavy atom. The zero-order valence-electron chi connectivity index (χ0n) is 13.1. The van der Waals surface area contributed by atoms with Gasteiger partial charge in [-0.1, -0.05) is 17.7 Å². The van der Waals surface area contributed by atoms with Crippen molar-refractivity contribution in [3.63, 3.8) is 0 Å². The highest BCUT2D eigenvalue weighted by Gasteiger charge is 2.17. The van der Waals surface area contributed by atoms with Gasteiger partial charge in [-0.3, -0.25) is 4.79 Å². The molecule has 4 nitrogen and oxygen atoms in total. The van der Waals surface area contributed by atoms with Crippen molar-refractivity contribution < 1.29 is 13.9 Å². The number of hydrogen-bond donors (Lipinski definition) is 2. The SMILES string of the molecule is O=C(CCOc1ccc(Cl)cc1)Nc1ccc2c(c1F)CCNC2. The van der Waals surface area contributed by atoms with Gasteiger partial charge in [0.1, 0.15) is 11.6 Å². The molecule has 1 aliphatic heterocycles. The average Bonchev–Trinajstić information content (AvgIpc) is 2.59. The van der Waals surface area contributed by atoms with Crippen LogP contribution in [-0.4, -0.2) is 19.1 Å². The summed E-state index contributed by atoms with van der Waals surface area (Å²) in [5, 5.41) is 6.44. The molecule has 0 saturated carbocycles. The highest BCUT2D eigenvalue weighted by Crippen LogP contribution is 2.24. The fourth-order valence-electron chi connectivity index (χ4n) is 2.64. The van der Waals surface area contributed by atoms with Crippen molar-refractivity contribution in [3.8, 4) is 5.75 Å². The van der Waals surface area contributed by atoms with E-state index in [-0.39, 0.29) is 30.4 Å². The third-order valence-electron chi connectivity index (χ3n) is 3.89. The largest absolute Gasteiger partial charge is 0.493 e. The lowest BCUT2D eigenvalue weighted by Crippen LogP contribution is -2.25. The molecule has 0 atom stereocenters. The van der Waals surface area contributed by atoms with E-state index < -0.39 is 0 Å². The summed E-state index contributed by atoms with van der Waals surface area (Å²) in [5.41, 5.74) is 1.86. The first-order valence-corrected chi connectivity index (χ1v) is 8.20. The Kier molecular flexibility index (Phi) is 5.33. The first-order valence-electron chi connectivity index (χ1n) is 7.82. The second-order valence-corrected chi connectivity index (χ2v) is 6.03. The average molecular weight is 349 g/mol. The number of carbonyl (C=O) groups excluding carboxylic acids is 1. The summed E-state index contributed by atoms with van der Waals surface area (Å²) >= 11 is 5.79. The topological polar surface area (TPSA) is 50.4 Å². The number of nitrogens with one attached hydrogen (secondary N) is 2. The minimum absolute atomic E-state index is 0.140. The summed E-state index contributed by atoms with van der Waals surface area (Å²) in [6.45, 7) is 1.62. The molecule has 24 heavy (non-hydrogen) atoms. The first-order chi connectivity index (χ1) is 11.6. The van der Waals surface area contributed by atoms with E-state index in [1.54, 1.807) is 30.3 Å². The lowest BCUT2D eigenvalue weighted by atomic mass is 9.99. The highest BCUT2D eigenvalue weighted by atomic mass is 35.5. The number of ether oxygens (including phenoxy) is 1. The quantitative estimate of drug-likeness (QED) is 0.869. The van der Waals surface area contributed by atoms with Gasteiger partial charge in [0.05, 0.1) is 18.7 Å². The van der Waals surface area contributed by atoms with Gasteiger partial charge in [0.15, 0.2) is 0 Å². The number of benzene rings is 2. The Morgan fingerprint density at radius 3 is 2.83 bits per heavy atom. The van der Waals surface area contributed by atoms with Crippen molar-refractivity contribution in [3.05, 3.63) is 58.4 Å². The molecule has 2 aromatic rings. The van der Waals surface area contributed by atoms with Crippen LogP contribution in [0.5, 0.6) is 5.75 Å². The number of amides is 1. The predicted octanol–water partition coefficient (Wildman–Crippen LogP) is 3.53. The maximum absolute atomic E-state index is 14.5. The lowest BCUT2D eigenvalue weighted by molar-refractivity contribution is -0.116. The monoisotopic (exact) mass is 348 g/mol. The molecule has 2 N–H and O–H groups in total. The number of carbonyl (C=O) groups is 1. The number of hydrogen-bond acceptors (Lipinski definition) is 3. The Hall–Kier alpha value is -2.11. The molecule has 0 unspecified atom stereocenters. The molecule has 1 amide bonds. The van der Waals surface area contributed by atoms with Crippen molar-refractivity contribution in [1.82, 2.24) is 5.32 Å². The maximum atomic E-state index is 14.5. The first kappa shape index (κ1) is 16.7. The van der Waals surface area contributed by atoms with Crippen LogP contribution in [0.25, 0.3) is 0 Å². The Morgan fingerprint density at radius 1 is 1.25 bits per heavy atom. The minimum atomic E-state index is -0.332. The van der Waals surface area contributed by atoms with E-state index >= 15 is 0 Å². The molecule has 1 heterocycles. The van der Waals surface area contributed by atoms with Gasteiger partial charge in [-0.2, -0.15) is 0 Å². The third kappa shape index (κ3) is 4.04. The normalized spacial score (nSPS) is 13.2. The van der Waals surface area contributed by atoms with Gasteiger partial charge in [0.2, 0.25) is 5.91 Å². The second-order valence-electron chi connectivity index (χ2n) is 5.59. The highest BCUT2D eigenvalue weighted by molar-refractivity contribution is 6.30. The number of anilines is 1. The van der Waals surface area contributed by atoms with E-state index in [0.29, 0.717) is 29.3 Å². The molecular formula is C18H18ClFN2O2. The Labute approximate surface area is 145 Å². The van der Waals surface area contributed by atoms with Crippen LogP contribution < -0.4 is 15.4 Å². The smallest absolute Gasteiger partial charge is 0.227 e. The van der Waals surface area contributed by atoms with E-state index in [0.717, 1.165) is 12.1 Å². The molecular weight excluding hydrogens is 331 g/mol. The third-order valence-corrected chi connectivity index (χ3v) is 4.15. The van der Waals surface area contributed by atoms with Gasteiger partial charge in [-0.25, -0.2) is 4.39 Å². The van der Waals surface area contributed by atoms with Gasteiger partial charge in [0, 0.05) is 11.6 Å². The molecule has 2 aromatic carbocycles. The molecule has 126 valence electrons. The van der Waals surface area contributed by atoms with Crippen molar-refractivity contribution in [2.75, 3.05) is 18.5 Å². The molecule has 1 aliphatic rings. The molecule has 0 radical (unpaired) electrons. The fraction of sp³-hybridized carbons (Fsp3) is 0.278. The van der Waals surface area contributed by atoms with Gasteiger partial charge < -0.3 is 15.4 Å². The van der Waals surface area contributed by atoms with E-state index in [4.69, 9.17) is 16.3 Å². The van der Waals surface area contributed by atoms with Crippen molar-refractivity contribution in [2.45, 2.75) is 19.4 Å². The summed E-state index contributed by atoms with van der Waals surface area (Å²) in [5.74, 6) is 0.0254. The van der Waals surface area contributed by atoms with Gasteiger partial charge >= 0.3 is 0 Å². The maximum Gasteiger partial charge on any atom is 0.227 e. The van der Waals surface area contributed by atoms with Crippen molar-refractivity contribution in [1.29, 1.82) is 0 Å². The van der Waals surface area contributed by atoms with Gasteiger partial charge in [-0.15, -0.1) is 0 Å². The van der Waals surface area contributed by atoms with Crippen molar-refractivity contribution >= 4 is 23.2 Å². The van der Waals surface area contributed by atoms with Crippen LogP contribution in [0.1, 0.15) is 17.5 Å². The van der Waals surface area contributed by atoms with Crippen LogP contribution in [0, 0.1) is 5.82 Å². The summed E-state index contributed by atoms with van der Waals surface area (Å²) in [4.78, 5) is 12.0. The summed E-state index contributed by atoms with van der Waals surface area (Å²) in [6.07, 6.45) is 0.769. The minimum Gasteiger partial charge on any atom is -0.493 e. The molecule has 0 bridgehead atoms. The molecule has 0 aromatic heterocycles. The molecule has 6 heteroatoms. The number of halogens is 2. The van der Waals surface area contributed by atoms with Crippen LogP contribution in [0.3, 0.4) is 0 Å². The summed E-state index contributed by atoms with van der Waals surface area (Å²) < 4.78 is 19.9. The number of fused-ring (bicyclic) bond motifs is 1. The molecule has 0 spiro atoms. The van der Waals surface area contributed by atoms with E-state index in [1.807, 2.05) is 6.07 Å². The molecule has 3 rings (SSSR count). The van der Waals surface area contributed by atoms with Crippen LogP contribution in [0.2, 0.25) is 5.02 Å². The van der Waals surface area contributed by atoms with E-state index in [9.17, 15) is 9.18 Å². The van der Waals surface area contributed by atoms with E-state index in [2.05, 4.69) is 10.6 Å². The van der Waals surface area contributed by atoms with Crippen LogP contribution in [-0.2, 0) is 17.8 Å². The Balaban J connectivity index is 1.54. The standard InChI is InChI=1S/C18H18ClFN2O2/c19-13-2-4-14(5-3-13)24-10-8-17(23)22-16-6-1-12-11-21-9-7-15(12)18(16)20/h1-6,21H,7-11H2,(H,22,23).